The van der Waals surface area contributed by atoms with E-state index in [2.05, 4.69) is 29.5 Å². The number of hydrogen-bond donors (Lipinski definition) is 1. The molecule has 0 spiro atoms. The molecule has 22 heavy (non-hydrogen) atoms. The molecule has 0 rings (SSSR count). The molecule has 0 aromatic heterocycles. The summed E-state index contributed by atoms with van der Waals surface area (Å²) in [6.07, 6.45) is -0.687. The molecule has 0 fully saturated rings. The Balaban J connectivity index is 4.22. The minimum Gasteiger partial charge on any atom is -0.412 e. The van der Waals surface area contributed by atoms with Gasteiger partial charge in [0.15, 0.2) is 5.90 Å². The Kier molecular flexibility index (Phi) is 8.38. The topological polar surface area (TPSA) is 191 Å². The molecule has 12 heteroatoms. The highest BCUT2D eigenvalue weighted by molar-refractivity contribution is 5.93. The summed E-state index contributed by atoms with van der Waals surface area (Å²) < 4.78 is 8.89. The van der Waals surface area contributed by atoms with Gasteiger partial charge in [-0.25, -0.2) is 0 Å². The van der Waals surface area contributed by atoms with E-state index in [0.717, 1.165) is 0 Å². The fourth-order valence-corrected chi connectivity index (χ4v) is 0.971. The SMILES string of the molecule is CC(N=[N+]=[N-])C(=O)OC(=N)CCC(=O)OC(=O)C(C)N=[N+]=[N-]. The van der Waals surface area contributed by atoms with Crippen molar-refractivity contribution in [3.63, 3.8) is 0 Å². The normalized spacial score (nSPS) is 11.9. The van der Waals surface area contributed by atoms with Gasteiger partial charge in [-0.15, -0.1) is 0 Å². The molecule has 0 saturated heterocycles. The monoisotopic (exact) mass is 311 g/mol. The van der Waals surface area contributed by atoms with Crippen molar-refractivity contribution in [1.82, 2.24) is 0 Å². The lowest BCUT2D eigenvalue weighted by Gasteiger charge is -2.08. The van der Waals surface area contributed by atoms with E-state index in [1.807, 2.05) is 0 Å². The van der Waals surface area contributed by atoms with Crippen molar-refractivity contribution < 1.29 is 23.9 Å². The van der Waals surface area contributed by atoms with Crippen molar-refractivity contribution >= 4 is 23.8 Å². The van der Waals surface area contributed by atoms with Crippen LogP contribution in [-0.4, -0.2) is 35.9 Å². The lowest BCUT2D eigenvalue weighted by atomic mass is 10.3. The molecule has 0 aromatic rings. The molecule has 0 heterocycles. The van der Waals surface area contributed by atoms with Crippen LogP contribution in [0.5, 0.6) is 0 Å². The van der Waals surface area contributed by atoms with Gasteiger partial charge in [-0.3, -0.25) is 19.8 Å². The van der Waals surface area contributed by atoms with Crippen LogP contribution >= 0.6 is 0 Å². The first-order chi connectivity index (χ1) is 10.3. The average Bonchev–Trinajstić information content (AvgIpc) is 2.45. The van der Waals surface area contributed by atoms with Crippen LogP contribution in [0.4, 0.5) is 0 Å². The van der Waals surface area contributed by atoms with Gasteiger partial charge in [0.05, 0.1) is 6.42 Å². The molecule has 2 atom stereocenters. The quantitative estimate of drug-likeness (QED) is 0.142. The number of rotatable bonds is 7. The minimum absolute atomic E-state index is 0.295. The zero-order chi connectivity index (χ0) is 17.1. The van der Waals surface area contributed by atoms with Crippen LogP contribution in [0.1, 0.15) is 26.7 Å². The number of azide groups is 2. The minimum atomic E-state index is -1.16. The zero-order valence-electron chi connectivity index (χ0n) is 11.8. The van der Waals surface area contributed by atoms with Gasteiger partial charge >= 0.3 is 17.9 Å². The first-order valence-corrected chi connectivity index (χ1v) is 5.93. The van der Waals surface area contributed by atoms with Crippen molar-refractivity contribution in [1.29, 1.82) is 5.41 Å². The number of carbonyl (C=O) groups is 3. The molecule has 0 aliphatic rings. The largest absolute Gasteiger partial charge is 0.412 e. The highest BCUT2D eigenvalue weighted by Gasteiger charge is 2.19. The van der Waals surface area contributed by atoms with E-state index < -0.39 is 42.3 Å². The maximum atomic E-state index is 11.3. The van der Waals surface area contributed by atoms with Crippen LogP contribution in [0.3, 0.4) is 0 Å². The van der Waals surface area contributed by atoms with Gasteiger partial charge in [0.2, 0.25) is 0 Å². The molecule has 0 saturated carbocycles. The number of nitrogens with zero attached hydrogens (tertiary/aromatic N) is 6. The standard InChI is InChI=1S/C10H13N7O5/c1-5(14-16-12)9(19)21-7(11)3-4-8(18)22-10(20)6(2)15-17-13/h5-6,11H,3-4H2,1-2H3. The zero-order valence-corrected chi connectivity index (χ0v) is 11.8. The second-order valence-corrected chi connectivity index (χ2v) is 3.90. The number of esters is 3. The van der Waals surface area contributed by atoms with Gasteiger partial charge in [0.1, 0.15) is 12.1 Å². The summed E-state index contributed by atoms with van der Waals surface area (Å²) in [5.74, 6) is -3.47. The molecular formula is C10H13N7O5. The number of carbonyl (C=O) groups excluding carboxylic acids is 3. The predicted molar refractivity (Wildman–Crippen MR) is 71.4 cm³/mol. The van der Waals surface area contributed by atoms with Gasteiger partial charge in [-0.1, -0.05) is 10.2 Å². The summed E-state index contributed by atoms with van der Waals surface area (Å²) in [5, 5.41) is 13.5. The van der Waals surface area contributed by atoms with Crippen molar-refractivity contribution in [2.75, 3.05) is 0 Å². The van der Waals surface area contributed by atoms with Gasteiger partial charge in [-0.05, 0) is 24.9 Å². The predicted octanol–water partition coefficient (Wildman–Crippen LogP) is 1.75. The maximum absolute atomic E-state index is 11.3. The lowest BCUT2D eigenvalue weighted by molar-refractivity contribution is -0.160. The molecular weight excluding hydrogens is 298 g/mol. The molecule has 0 radical (unpaired) electrons. The van der Waals surface area contributed by atoms with Crippen LogP contribution < -0.4 is 0 Å². The van der Waals surface area contributed by atoms with Gasteiger partial charge in [-0.2, -0.15) is 0 Å². The van der Waals surface area contributed by atoms with Gasteiger partial charge in [0, 0.05) is 16.2 Å². The van der Waals surface area contributed by atoms with Gasteiger partial charge < -0.3 is 9.47 Å². The summed E-state index contributed by atoms with van der Waals surface area (Å²) in [5.41, 5.74) is 16.3. The third kappa shape index (κ3) is 7.48. The number of ether oxygens (including phenoxy) is 2. The lowest BCUT2D eigenvalue weighted by Crippen LogP contribution is -2.23. The molecule has 0 aromatic carbocycles. The van der Waals surface area contributed by atoms with Crippen molar-refractivity contribution in [3.8, 4) is 0 Å². The fourth-order valence-electron chi connectivity index (χ4n) is 0.971. The Morgan fingerprint density at radius 1 is 1.00 bits per heavy atom. The second kappa shape index (κ2) is 9.75. The third-order valence-corrected chi connectivity index (χ3v) is 2.13. The van der Waals surface area contributed by atoms with E-state index >= 15 is 0 Å². The Morgan fingerprint density at radius 3 is 1.91 bits per heavy atom. The van der Waals surface area contributed by atoms with Gasteiger partial charge in [0.25, 0.3) is 0 Å². The Morgan fingerprint density at radius 2 is 1.45 bits per heavy atom. The fraction of sp³-hybridized carbons (Fsp3) is 0.600. The first kappa shape index (κ1) is 18.9. The molecule has 1 N–H and O–H groups in total. The van der Waals surface area contributed by atoms with E-state index in [0.29, 0.717) is 0 Å². The van der Waals surface area contributed by atoms with E-state index in [1.54, 1.807) is 0 Å². The molecule has 0 amide bonds. The van der Waals surface area contributed by atoms with Crippen molar-refractivity contribution in [2.24, 2.45) is 10.2 Å². The van der Waals surface area contributed by atoms with Crippen LogP contribution in [0.2, 0.25) is 0 Å². The molecule has 0 aliphatic heterocycles. The summed E-state index contributed by atoms with van der Waals surface area (Å²) in [6, 6.07) is -2.26. The molecule has 12 nitrogen and oxygen atoms in total. The van der Waals surface area contributed by atoms with Crippen LogP contribution in [0.25, 0.3) is 20.9 Å². The van der Waals surface area contributed by atoms with Crippen molar-refractivity contribution in [2.45, 2.75) is 38.8 Å². The summed E-state index contributed by atoms with van der Waals surface area (Å²) in [7, 11) is 0. The molecule has 118 valence electrons. The number of nitrogens with one attached hydrogen (secondary N) is 1. The molecule has 0 aliphatic carbocycles. The second-order valence-electron chi connectivity index (χ2n) is 3.90. The summed E-state index contributed by atoms with van der Waals surface area (Å²) in [4.78, 5) is 38.6. The maximum Gasteiger partial charge on any atom is 0.322 e. The smallest absolute Gasteiger partial charge is 0.322 e. The van der Waals surface area contributed by atoms with E-state index in [1.165, 1.54) is 13.8 Å². The van der Waals surface area contributed by atoms with E-state index in [4.69, 9.17) is 16.5 Å². The Hall–Kier alpha value is -3.10. The average molecular weight is 311 g/mol. The number of hydrogen-bond acceptors (Lipinski definition) is 8. The highest BCUT2D eigenvalue weighted by atomic mass is 16.6. The first-order valence-electron chi connectivity index (χ1n) is 5.93. The van der Waals surface area contributed by atoms with Crippen molar-refractivity contribution in [3.05, 3.63) is 20.9 Å². The van der Waals surface area contributed by atoms with E-state index in [9.17, 15) is 14.4 Å². The van der Waals surface area contributed by atoms with Crippen LogP contribution in [0, 0.1) is 5.41 Å². The van der Waals surface area contributed by atoms with E-state index in [-0.39, 0.29) is 6.42 Å². The Labute approximate surface area is 124 Å². The Bertz CT molecular complexity index is 512. The van der Waals surface area contributed by atoms with Crippen LogP contribution in [-0.2, 0) is 23.9 Å². The highest BCUT2D eigenvalue weighted by Crippen LogP contribution is 2.02. The third-order valence-electron chi connectivity index (χ3n) is 2.13. The molecule has 2 unspecified atom stereocenters. The van der Waals surface area contributed by atoms with Crippen LogP contribution in [0.15, 0.2) is 10.2 Å². The summed E-state index contributed by atoms with van der Waals surface area (Å²) >= 11 is 0. The summed E-state index contributed by atoms with van der Waals surface area (Å²) in [6.45, 7) is 2.52. The molecule has 0 bridgehead atoms.